The summed E-state index contributed by atoms with van der Waals surface area (Å²) in [6.07, 6.45) is 0.390. The smallest absolute Gasteiger partial charge is 0.338 e. The number of aryl methyl sites for hydroxylation is 1. The first-order valence-electron chi connectivity index (χ1n) is 12.2. The Hall–Kier alpha value is -4.39. The molecule has 0 radical (unpaired) electrons. The van der Waals surface area contributed by atoms with E-state index < -0.39 is 23.7 Å². The van der Waals surface area contributed by atoms with Crippen LogP contribution in [0.1, 0.15) is 52.5 Å². The van der Waals surface area contributed by atoms with Gasteiger partial charge in [0.15, 0.2) is 0 Å². The molecule has 188 valence electrons. The minimum Gasteiger partial charge on any atom is -0.507 e. The summed E-state index contributed by atoms with van der Waals surface area (Å²) in [6.45, 7) is 5.98. The topological polar surface area (TPSA) is 93.1 Å². The highest BCUT2D eigenvalue weighted by atomic mass is 16.5. The molecule has 0 bridgehead atoms. The van der Waals surface area contributed by atoms with Gasteiger partial charge in [0, 0.05) is 17.7 Å². The van der Waals surface area contributed by atoms with Crippen LogP contribution in [0.15, 0.2) is 72.3 Å². The molecule has 7 nitrogen and oxygen atoms in total. The lowest BCUT2D eigenvalue weighted by Gasteiger charge is -2.26. The average molecular weight is 498 g/mol. The number of fused-ring (bicyclic) bond motifs is 1. The molecule has 2 aliphatic heterocycles. The van der Waals surface area contributed by atoms with Gasteiger partial charge in [-0.25, -0.2) is 4.79 Å². The van der Waals surface area contributed by atoms with Crippen molar-refractivity contribution >= 4 is 29.1 Å². The summed E-state index contributed by atoms with van der Waals surface area (Å²) in [5.74, 6) is -1.61. The molecule has 1 amide bonds. The number of nitrogens with zero attached hydrogens (tertiary/aromatic N) is 1. The third kappa shape index (κ3) is 4.48. The zero-order chi connectivity index (χ0) is 26.3. The van der Waals surface area contributed by atoms with Gasteiger partial charge in [-0.3, -0.25) is 14.5 Å². The third-order valence-corrected chi connectivity index (χ3v) is 6.47. The van der Waals surface area contributed by atoms with E-state index >= 15 is 0 Å². The second-order valence-electron chi connectivity index (χ2n) is 9.51. The number of hydrogen-bond donors (Lipinski definition) is 1. The Bertz CT molecular complexity index is 1450. The Labute approximate surface area is 214 Å². The van der Waals surface area contributed by atoms with E-state index in [1.807, 2.05) is 31.2 Å². The first-order chi connectivity index (χ1) is 17.7. The summed E-state index contributed by atoms with van der Waals surface area (Å²) >= 11 is 0. The van der Waals surface area contributed by atoms with Crippen LogP contribution in [-0.4, -0.2) is 35.5 Å². The maximum Gasteiger partial charge on any atom is 0.338 e. The van der Waals surface area contributed by atoms with Gasteiger partial charge < -0.3 is 14.6 Å². The van der Waals surface area contributed by atoms with Crippen LogP contribution < -0.4 is 9.64 Å². The fourth-order valence-corrected chi connectivity index (χ4v) is 4.81. The van der Waals surface area contributed by atoms with Crippen molar-refractivity contribution in [2.45, 2.75) is 39.3 Å². The normalized spacial score (nSPS) is 18.2. The molecule has 2 heterocycles. The summed E-state index contributed by atoms with van der Waals surface area (Å²) in [6, 6.07) is 18.2. The van der Waals surface area contributed by atoms with Crippen molar-refractivity contribution in [3.05, 3.63) is 100 Å². The highest BCUT2D eigenvalue weighted by molar-refractivity contribution is 6.51. The van der Waals surface area contributed by atoms with Crippen LogP contribution >= 0.6 is 0 Å². The first-order valence-corrected chi connectivity index (χ1v) is 12.2. The van der Waals surface area contributed by atoms with Crippen LogP contribution in [0.2, 0.25) is 0 Å². The Morgan fingerprint density at radius 1 is 1.03 bits per heavy atom. The first kappa shape index (κ1) is 24.3. The Kier molecular flexibility index (Phi) is 6.29. The number of anilines is 1. The largest absolute Gasteiger partial charge is 0.507 e. The van der Waals surface area contributed by atoms with Gasteiger partial charge >= 0.3 is 5.97 Å². The van der Waals surface area contributed by atoms with E-state index in [2.05, 4.69) is 0 Å². The standard InChI is InChI=1S/C30H27NO6/c1-17(2)37-30(35)22-8-5-9-23(16-22)31-26(20-7-4-6-18(3)14-20)25(28(33)29(31)34)27(32)21-10-11-24-19(15-21)12-13-36-24/h4-11,14-17,26,32H,12-13H2,1-3H3/b27-25-. The quantitative estimate of drug-likeness (QED) is 0.228. The number of Topliss-reactive ketones (excluding diaryl/α,β-unsaturated/α-hetero) is 1. The van der Waals surface area contributed by atoms with E-state index in [9.17, 15) is 19.5 Å². The molecule has 1 unspecified atom stereocenters. The fraction of sp³-hybridized carbons (Fsp3) is 0.233. The molecule has 3 aromatic rings. The number of carbonyl (C=O) groups is 3. The maximum absolute atomic E-state index is 13.5. The number of esters is 1. The molecule has 7 heteroatoms. The lowest BCUT2D eigenvalue weighted by Crippen LogP contribution is -2.29. The van der Waals surface area contributed by atoms with E-state index in [0.717, 1.165) is 16.9 Å². The molecular formula is C30H27NO6. The average Bonchev–Trinajstić information content (AvgIpc) is 3.45. The second kappa shape index (κ2) is 9.58. The monoisotopic (exact) mass is 497 g/mol. The molecule has 0 spiro atoms. The van der Waals surface area contributed by atoms with E-state index in [1.165, 1.54) is 11.0 Å². The Morgan fingerprint density at radius 3 is 2.57 bits per heavy atom. The van der Waals surface area contributed by atoms with Crippen LogP contribution in [0.5, 0.6) is 5.75 Å². The maximum atomic E-state index is 13.5. The Morgan fingerprint density at radius 2 is 1.81 bits per heavy atom. The summed E-state index contributed by atoms with van der Waals surface area (Å²) in [7, 11) is 0. The SMILES string of the molecule is Cc1cccc(C2/C(=C(/O)c3ccc4c(c3)CCO4)C(=O)C(=O)N2c2cccc(C(=O)OC(C)C)c2)c1. The molecule has 0 aliphatic carbocycles. The van der Waals surface area contributed by atoms with Crippen LogP contribution in [0.4, 0.5) is 5.69 Å². The molecular weight excluding hydrogens is 470 g/mol. The fourth-order valence-electron chi connectivity index (χ4n) is 4.81. The van der Waals surface area contributed by atoms with Gasteiger partial charge in [-0.05, 0) is 68.3 Å². The van der Waals surface area contributed by atoms with Crippen molar-refractivity contribution < 1.29 is 29.0 Å². The summed E-state index contributed by atoms with van der Waals surface area (Å²) in [5.41, 5.74) is 3.58. The van der Waals surface area contributed by atoms with Gasteiger partial charge in [0.05, 0.1) is 29.9 Å². The number of benzene rings is 3. The number of ketones is 1. The Balaban J connectivity index is 1.66. The summed E-state index contributed by atoms with van der Waals surface area (Å²) in [4.78, 5) is 40.8. The molecule has 2 aliphatic rings. The van der Waals surface area contributed by atoms with Crippen LogP contribution in [0, 0.1) is 6.92 Å². The third-order valence-electron chi connectivity index (χ3n) is 6.47. The van der Waals surface area contributed by atoms with Gasteiger partial charge in [-0.1, -0.05) is 35.9 Å². The number of rotatable bonds is 5. The molecule has 0 saturated carbocycles. The number of hydrogen-bond acceptors (Lipinski definition) is 6. The molecule has 1 N–H and O–H groups in total. The summed E-state index contributed by atoms with van der Waals surface area (Å²) in [5, 5.41) is 11.4. The van der Waals surface area contributed by atoms with E-state index in [4.69, 9.17) is 9.47 Å². The van der Waals surface area contributed by atoms with Gasteiger partial charge in [0.2, 0.25) is 0 Å². The molecule has 5 rings (SSSR count). The minimum atomic E-state index is -0.888. The van der Waals surface area contributed by atoms with Gasteiger partial charge in [-0.15, -0.1) is 0 Å². The van der Waals surface area contributed by atoms with Crippen molar-refractivity contribution in [1.29, 1.82) is 0 Å². The number of aliphatic hydroxyl groups is 1. The highest BCUT2D eigenvalue weighted by Crippen LogP contribution is 2.43. The van der Waals surface area contributed by atoms with Crippen LogP contribution in [0.3, 0.4) is 0 Å². The lowest BCUT2D eigenvalue weighted by atomic mass is 9.93. The van der Waals surface area contributed by atoms with Crippen molar-refractivity contribution in [2.24, 2.45) is 0 Å². The predicted molar refractivity (Wildman–Crippen MR) is 139 cm³/mol. The molecule has 3 aromatic carbocycles. The van der Waals surface area contributed by atoms with Gasteiger partial charge in [-0.2, -0.15) is 0 Å². The van der Waals surface area contributed by atoms with Crippen molar-refractivity contribution in [2.75, 3.05) is 11.5 Å². The van der Waals surface area contributed by atoms with Crippen molar-refractivity contribution in [3.63, 3.8) is 0 Å². The molecule has 37 heavy (non-hydrogen) atoms. The number of aliphatic hydroxyl groups excluding tert-OH is 1. The molecule has 0 aromatic heterocycles. The highest BCUT2D eigenvalue weighted by Gasteiger charge is 2.47. The number of carbonyl (C=O) groups excluding carboxylic acids is 3. The zero-order valence-corrected chi connectivity index (χ0v) is 20.9. The molecule has 1 atom stereocenters. The van der Waals surface area contributed by atoms with Crippen LogP contribution in [0.25, 0.3) is 5.76 Å². The van der Waals surface area contributed by atoms with Crippen molar-refractivity contribution in [3.8, 4) is 5.75 Å². The zero-order valence-electron chi connectivity index (χ0n) is 20.9. The lowest BCUT2D eigenvalue weighted by molar-refractivity contribution is -0.132. The van der Waals surface area contributed by atoms with Gasteiger partial charge in [0.1, 0.15) is 11.5 Å². The molecule has 1 fully saturated rings. The summed E-state index contributed by atoms with van der Waals surface area (Å²) < 4.78 is 10.9. The van der Waals surface area contributed by atoms with Crippen LogP contribution in [-0.2, 0) is 20.7 Å². The predicted octanol–water partition coefficient (Wildman–Crippen LogP) is 5.12. The number of ether oxygens (including phenoxy) is 2. The van der Waals surface area contributed by atoms with E-state index in [0.29, 0.717) is 29.8 Å². The van der Waals surface area contributed by atoms with E-state index in [1.54, 1.807) is 50.2 Å². The van der Waals surface area contributed by atoms with Crippen molar-refractivity contribution in [1.82, 2.24) is 0 Å². The minimum absolute atomic E-state index is 0.00961. The molecule has 1 saturated heterocycles. The van der Waals surface area contributed by atoms with Gasteiger partial charge in [0.25, 0.3) is 11.7 Å². The van der Waals surface area contributed by atoms with E-state index in [-0.39, 0.29) is 23.0 Å². The second-order valence-corrected chi connectivity index (χ2v) is 9.51. The number of amides is 1.